The minimum Gasteiger partial charge on any atom is -0.497 e. The SMILES string of the molecule is COc1ccc2nc(/C(N)=N/N=C\c3ccc(N(C)C)cc3)sc2c1. The number of nitrogens with zero attached hydrogens (tertiary/aromatic N) is 4. The second-order valence-corrected chi connectivity index (χ2v) is 6.60. The molecule has 2 N–H and O–H groups in total. The van der Waals surface area contributed by atoms with E-state index in [0.717, 1.165) is 27.2 Å². The lowest BCUT2D eigenvalue weighted by atomic mass is 10.2. The van der Waals surface area contributed by atoms with Gasteiger partial charge in [-0.3, -0.25) is 0 Å². The summed E-state index contributed by atoms with van der Waals surface area (Å²) >= 11 is 1.46. The summed E-state index contributed by atoms with van der Waals surface area (Å²) < 4.78 is 6.22. The van der Waals surface area contributed by atoms with E-state index in [2.05, 4.69) is 15.2 Å². The molecule has 1 heterocycles. The van der Waals surface area contributed by atoms with Crippen LogP contribution in [0.4, 0.5) is 5.69 Å². The highest BCUT2D eigenvalue weighted by Gasteiger charge is 2.08. The molecule has 0 unspecified atom stereocenters. The zero-order valence-corrected chi connectivity index (χ0v) is 15.1. The maximum atomic E-state index is 6.00. The van der Waals surface area contributed by atoms with E-state index >= 15 is 0 Å². The highest BCUT2D eigenvalue weighted by Crippen LogP contribution is 2.26. The van der Waals surface area contributed by atoms with Crippen molar-refractivity contribution in [2.45, 2.75) is 0 Å². The number of nitrogens with two attached hydrogens (primary N) is 1. The van der Waals surface area contributed by atoms with Crippen LogP contribution in [0.5, 0.6) is 5.75 Å². The molecule has 6 nitrogen and oxygen atoms in total. The molecule has 3 aromatic rings. The number of amidine groups is 1. The summed E-state index contributed by atoms with van der Waals surface area (Å²) in [5, 5.41) is 8.76. The van der Waals surface area contributed by atoms with Crippen LogP contribution in [0, 0.1) is 0 Å². The van der Waals surface area contributed by atoms with Gasteiger partial charge in [0, 0.05) is 19.8 Å². The van der Waals surface area contributed by atoms with E-state index in [0.29, 0.717) is 10.8 Å². The van der Waals surface area contributed by atoms with Crippen LogP contribution in [0.1, 0.15) is 10.6 Å². The van der Waals surface area contributed by atoms with Crippen molar-refractivity contribution in [3.63, 3.8) is 0 Å². The largest absolute Gasteiger partial charge is 0.497 e. The Morgan fingerprint density at radius 2 is 1.96 bits per heavy atom. The number of fused-ring (bicyclic) bond motifs is 1. The van der Waals surface area contributed by atoms with Crippen molar-refractivity contribution in [1.29, 1.82) is 0 Å². The first-order chi connectivity index (χ1) is 12.1. The molecule has 0 saturated heterocycles. The van der Waals surface area contributed by atoms with Gasteiger partial charge in [-0.15, -0.1) is 16.4 Å². The van der Waals surface area contributed by atoms with Crippen molar-refractivity contribution >= 4 is 39.3 Å². The summed E-state index contributed by atoms with van der Waals surface area (Å²) in [7, 11) is 5.64. The van der Waals surface area contributed by atoms with Crippen LogP contribution >= 0.6 is 11.3 Å². The average Bonchev–Trinajstić information content (AvgIpc) is 3.05. The first-order valence-electron chi connectivity index (χ1n) is 7.65. The van der Waals surface area contributed by atoms with Crippen LogP contribution in [0.25, 0.3) is 10.2 Å². The standard InChI is InChI=1S/C18H19N5OS/c1-23(2)13-6-4-12(5-7-13)11-20-22-17(19)18-21-15-9-8-14(24-3)10-16(15)25-18/h4-11H,1-3H3,(H2,19,22)/b20-11-. The maximum absolute atomic E-state index is 6.00. The Hall–Kier alpha value is -2.93. The molecule has 0 amide bonds. The average molecular weight is 353 g/mol. The summed E-state index contributed by atoms with van der Waals surface area (Å²) in [6.45, 7) is 0. The van der Waals surface area contributed by atoms with Crippen LogP contribution in [-0.2, 0) is 0 Å². The number of thiazole rings is 1. The van der Waals surface area contributed by atoms with E-state index in [1.165, 1.54) is 11.3 Å². The first-order valence-corrected chi connectivity index (χ1v) is 8.47. The lowest BCUT2D eigenvalue weighted by Gasteiger charge is -2.11. The van der Waals surface area contributed by atoms with Gasteiger partial charge < -0.3 is 15.4 Å². The smallest absolute Gasteiger partial charge is 0.182 e. The number of rotatable bonds is 5. The highest BCUT2D eigenvalue weighted by molar-refractivity contribution is 7.20. The first kappa shape index (κ1) is 16.9. The molecule has 0 aliphatic heterocycles. The molecule has 128 valence electrons. The molecule has 0 aliphatic carbocycles. The Bertz CT molecular complexity index is 928. The fourth-order valence-electron chi connectivity index (χ4n) is 2.20. The number of hydrogen-bond acceptors (Lipinski definition) is 6. The predicted octanol–water partition coefficient (Wildman–Crippen LogP) is 3.11. The number of aromatic nitrogens is 1. The molecule has 0 fully saturated rings. The number of anilines is 1. The lowest BCUT2D eigenvalue weighted by molar-refractivity contribution is 0.415. The summed E-state index contributed by atoms with van der Waals surface area (Å²) in [4.78, 5) is 6.51. The monoisotopic (exact) mass is 353 g/mol. The van der Waals surface area contributed by atoms with Gasteiger partial charge >= 0.3 is 0 Å². The summed E-state index contributed by atoms with van der Waals surface area (Å²) in [5.41, 5.74) is 8.95. The predicted molar refractivity (Wildman–Crippen MR) is 105 cm³/mol. The van der Waals surface area contributed by atoms with Gasteiger partial charge in [0.25, 0.3) is 0 Å². The van der Waals surface area contributed by atoms with Crippen LogP contribution in [0.15, 0.2) is 52.7 Å². The van der Waals surface area contributed by atoms with Gasteiger partial charge in [0.15, 0.2) is 10.8 Å². The Labute approximate surface area is 150 Å². The van der Waals surface area contributed by atoms with E-state index in [1.807, 2.05) is 61.5 Å². The third kappa shape index (κ3) is 3.95. The Morgan fingerprint density at radius 3 is 2.64 bits per heavy atom. The van der Waals surface area contributed by atoms with E-state index in [-0.39, 0.29) is 0 Å². The molecule has 0 aliphatic rings. The van der Waals surface area contributed by atoms with Crippen LogP contribution < -0.4 is 15.4 Å². The van der Waals surface area contributed by atoms with Crippen LogP contribution in [0.3, 0.4) is 0 Å². The number of methoxy groups -OCH3 is 1. The van der Waals surface area contributed by atoms with Crippen molar-refractivity contribution in [3.05, 3.63) is 53.0 Å². The fraction of sp³-hybridized carbons (Fsp3) is 0.167. The fourth-order valence-corrected chi connectivity index (χ4v) is 3.09. The van der Waals surface area contributed by atoms with Crippen molar-refractivity contribution in [3.8, 4) is 5.75 Å². The molecule has 0 saturated carbocycles. The number of ether oxygens (including phenoxy) is 1. The molecule has 0 radical (unpaired) electrons. The quantitative estimate of drug-likeness (QED) is 0.434. The topological polar surface area (TPSA) is 76.1 Å². The molecule has 25 heavy (non-hydrogen) atoms. The molecule has 3 rings (SSSR count). The zero-order chi connectivity index (χ0) is 17.8. The van der Waals surface area contributed by atoms with Gasteiger partial charge in [0.05, 0.1) is 23.5 Å². The molecule has 1 aromatic heterocycles. The summed E-state index contributed by atoms with van der Waals surface area (Å²) in [5.74, 6) is 1.08. The van der Waals surface area contributed by atoms with Crippen molar-refractivity contribution < 1.29 is 4.74 Å². The van der Waals surface area contributed by atoms with Gasteiger partial charge in [0.2, 0.25) is 0 Å². The summed E-state index contributed by atoms with van der Waals surface area (Å²) in [6.07, 6.45) is 1.67. The Kier molecular flexibility index (Phi) is 4.95. The van der Waals surface area contributed by atoms with E-state index in [4.69, 9.17) is 10.5 Å². The highest BCUT2D eigenvalue weighted by atomic mass is 32.1. The second-order valence-electron chi connectivity index (χ2n) is 5.57. The van der Waals surface area contributed by atoms with Crippen LogP contribution in [-0.4, -0.2) is 38.2 Å². The third-order valence-corrected chi connectivity index (χ3v) is 4.64. The van der Waals surface area contributed by atoms with E-state index in [1.54, 1.807) is 13.3 Å². The van der Waals surface area contributed by atoms with Crippen molar-refractivity contribution in [2.24, 2.45) is 15.9 Å². The molecule has 0 atom stereocenters. The van der Waals surface area contributed by atoms with Gasteiger partial charge in [0.1, 0.15) is 5.75 Å². The van der Waals surface area contributed by atoms with Crippen molar-refractivity contribution in [1.82, 2.24) is 4.98 Å². The van der Waals surface area contributed by atoms with Gasteiger partial charge in [-0.05, 0) is 35.9 Å². The zero-order valence-electron chi connectivity index (χ0n) is 14.3. The Balaban J connectivity index is 1.76. The van der Waals surface area contributed by atoms with Gasteiger partial charge in [-0.2, -0.15) is 5.10 Å². The molecular weight excluding hydrogens is 334 g/mol. The van der Waals surface area contributed by atoms with Gasteiger partial charge in [-0.25, -0.2) is 4.98 Å². The van der Waals surface area contributed by atoms with E-state index < -0.39 is 0 Å². The van der Waals surface area contributed by atoms with Crippen molar-refractivity contribution in [2.75, 3.05) is 26.1 Å². The molecular formula is C18H19N5OS. The minimum absolute atomic E-state index is 0.293. The molecule has 2 aromatic carbocycles. The van der Waals surface area contributed by atoms with E-state index in [9.17, 15) is 0 Å². The Morgan fingerprint density at radius 1 is 1.20 bits per heavy atom. The molecule has 0 bridgehead atoms. The maximum Gasteiger partial charge on any atom is 0.182 e. The van der Waals surface area contributed by atoms with Gasteiger partial charge in [-0.1, -0.05) is 12.1 Å². The normalized spacial score (nSPS) is 12.0. The molecule has 0 spiro atoms. The second kappa shape index (κ2) is 7.31. The third-order valence-electron chi connectivity index (χ3n) is 3.60. The minimum atomic E-state index is 0.293. The molecule has 7 heteroatoms. The van der Waals surface area contributed by atoms with Crippen LogP contribution in [0.2, 0.25) is 0 Å². The number of hydrogen-bond donors (Lipinski definition) is 1. The lowest BCUT2D eigenvalue weighted by Crippen LogP contribution is -2.12. The number of benzene rings is 2. The summed E-state index contributed by atoms with van der Waals surface area (Å²) in [6, 6.07) is 13.7.